The van der Waals surface area contributed by atoms with Crippen LogP contribution in [0.4, 0.5) is 5.69 Å². The summed E-state index contributed by atoms with van der Waals surface area (Å²) in [5.41, 5.74) is 1.53. The number of rotatable bonds is 7. The Kier molecular flexibility index (Phi) is 7.46. The van der Waals surface area contributed by atoms with Gasteiger partial charge in [-0.1, -0.05) is 27.6 Å². The maximum absolute atomic E-state index is 11.6. The van der Waals surface area contributed by atoms with Crippen molar-refractivity contribution in [2.45, 2.75) is 18.2 Å². The quantitative estimate of drug-likeness (QED) is 0.241. The number of methoxy groups -OCH3 is 1. The van der Waals surface area contributed by atoms with Crippen LogP contribution < -0.4 is 10.1 Å². The maximum Gasteiger partial charge on any atom is 0.225 e. The van der Waals surface area contributed by atoms with Crippen LogP contribution in [0.2, 0.25) is 0 Å². The normalized spacial score (nSPS) is 10.3. The van der Waals surface area contributed by atoms with Crippen molar-refractivity contribution in [3.05, 3.63) is 17.7 Å². The molecule has 0 heterocycles. The molecular weight excluding hydrogens is 385 g/mol. The molecule has 1 aromatic rings. The van der Waals surface area contributed by atoms with Gasteiger partial charge in [-0.15, -0.1) is 4.33 Å². The molecule has 1 rings (SSSR count). The van der Waals surface area contributed by atoms with Gasteiger partial charge in [0.05, 0.1) is 24.0 Å². The van der Waals surface area contributed by atoms with Crippen LogP contribution in [-0.4, -0.2) is 22.7 Å². The molecule has 0 aliphatic carbocycles. The summed E-state index contributed by atoms with van der Waals surface area (Å²) in [5.74, 6) is 0.465. The van der Waals surface area contributed by atoms with Crippen LogP contribution in [-0.2, 0) is 14.2 Å². The lowest BCUT2D eigenvalue weighted by atomic mass is 10.2. The summed E-state index contributed by atoms with van der Waals surface area (Å²) >= 11 is 2.96. The lowest BCUT2D eigenvalue weighted by Gasteiger charge is -2.13. The zero-order valence-corrected chi connectivity index (χ0v) is 13.4. The topological polar surface area (TPSA) is 77.0 Å². The van der Waals surface area contributed by atoms with Gasteiger partial charge in [0, 0.05) is 22.6 Å². The number of carbonyl (C=O) groups excluding carboxylic acids is 1. The molecule has 0 aliphatic rings. The molecular formula is C11H14INO5S. The van der Waals surface area contributed by atoms with Crippen molar-refractivity contribution in [3.63, 3.8) is 0 Å². The number of anilines is 1. The number of halogens is 1. The lowest BCUT2D eigenvalue weighted by molar-refractivity contribution is -0.432. The van der Waals surface area contributed by atoms with Crippen LogP contribution in [0.25, 0.3) is 0 Å². The fraction of sp³-hybridized carbons (Fsp3) is 0.364. The second-order valence-electron chi connectivity index (χ2n) is 3.53. The molecule has 19 heavy (non-hydrogen) atoms. The molecule has 6 nitrogen and oxygen atoms in total. The van der Waals surface area contributed by atoms with Gasteiger partial charge >= 0.3 is 0 Å². The predicted molar refractivity (Wildman–Crippen MR) is 80.5 cm³/mol. The maximum atomic E-state index is 11.6. The standard InChI is InChI=1S/C11H14INO5S/c1-7-5-10(19-18-17-15)9(16-2)6-8(7)13-11(14)3-4-12/h5-6,15H,3-4H2,1-2H3,(H,13,14). The summed E-state index contributed by atoms with van der Waals surface area (Å²) in [6.07, 6.45) is 0.459. The molecule has 106 valence electrons. The largest absolute Gasteiger partial charge is 0.495 e. The average molecular weight is 399 g/mol. The zero-order chi connectivity index (χ0) is 14.3. The van der Waals surface area contributed by atoms with Crippen LogP contribution in [0.15, 0.2) is 17.0 Å². The van der Waals surface area contributed by atoms with E-state index in [1.807, 2.05) is 6.92 Å². The molecule has 0 saturated heterocycles. The number of benzene rings is 1. The van der Waals surface area contributed by atoms with Gasteiger partial charge in [0.1, 0.15) is 5.75 Å². The predicted octanol–water partition coefficient (Wildman–Crippen LogP) is 3.20. The Morgan fingerprint density at radius 2 is 2.26 bits per heavy atom. The Morgan fingerprint density at radius 3 is 2.84 bits per heavy atom. The first-order chi connectivity index (χ1) is 9.12. The van der Waals surface area contributed by atoms with E-state index >= 15 is 0 Å². The summed E-state index contributed by atoms with van der Waals surface area (Å²) < 4.78 is 10.3. The van der Waals surface area contributed by atoms with Gasteiger partial charge in [-0.2, -0.15) is 0 Å². The second-order valence-corrected chi connectivity index (χ2v) is 5.35. The van der Waals surface area contributed by atoms with Crippen molar-refractivity contribution in [1.29, 1.82) is 0 Å². The summed E-state index contributed by atoms with van der Waals surface area (Å²) in [7, 11) is 1.50. The molecule has 0 aliphatic heterocycles. The van der Waals surface area contributed by atoms with Crippen molar-refractivity contribution in [1.82, 2.24) is 0 Å². The fourth-order valence-corrected chi connectivity index (χ4v) is 2.41. The average Bonchev–Trinajstić information content (AvgIpc) is 2.39. The summed E-state index contributed by atoms with van der Waals surface area (Å²) in [5, 5.41) is 14.5. The van der Waals surface area contributed by atoms with E-state index < -0.39 is 0 Å². The van der Waals surface area contributed by atoms with Gasteiger partial charge in [-0.25, -0.2) is 5.26 Å². The van der Waals surface area contributed by atoms with E-state index in [0.717, 1.165) is 22.0 Å². The smallest absolute Gasteiger partial charge is 0.225 e. The monoisotopic (exact) mass is 399 g/mol. The number of aryl methyl sites for hydroxylation is 1. The fourth-order valence-electron chi connectivity index (χ4n) is 1.37. The van der Waals surface area contributed by atoms with Crippen molar-refractivity contribution in [2.24, 2.45) is 0 Å². The highest BCUT2D eigenvalue weighted by atomic mass is 127. The van der Waals surface area contributed by atoms with E-state index in [1.54, 1.807) is 12.1 Å². The Balaban J connectivity index is 2.92. The van der Waals surface area contributed by atoms with Gasteiger partial charge in [0.25, 0.3) is 0 Å². The highest BCUT2D eigenvalue weighted by Gasteiger charge is 2.12. The van der Waals surface area contributed by atoms with Gasteiger partial charge in [-0.3, -0.25) is 4.79 Å². The second kappa shape index (κ2) is 8.59. The Bertz CT molecular complexity index is 443. The number of nitrogens with one attached hydrogen (secondary N) is 1. The first kappa shape index (κ1) is 16.5. The van der Waals surface area contributed by atoms with E-state index in [-0.39, 0.29) is 5.91 Å². The van der Waals surface area contributed by atoms with E-state index in [9.17, 15) is 4.79 Å². The minimum Gasteiger partial charge on any atom is -0.495 e. The molecule has 0 spiro atoms. The molecule has 0 aromatic heterocycles. The van der Waals surface area contributed by atoms with Crippen molar-refractivity contribution in [3.8, 4) is 5.75 Å². The first-order valence-electron chi connectivity index (χ1n) is 5.31. The van der Waals surface area contributed by atoms with Gasteiger partial charge in [0.2, 0.25) is 5.91 Å². The third kappa shape index (κ3) is 5.15. The van der Waals surface area contributed by atoms with Gasteiger partial charge in [-0.05, 0) is 18.6 Å². The van der Waals surface area contributed by atoms with Gasteiger partial charge < -0.3 is 10.1 Å². The molecule has 1 amide bonds. The highest BCUT2D eigenvalue weighted by Crippen LogP contribution is 2.34. The van der Waals surface area contributed by atoms with E-state index in [4.69, 9.17) is 9.99 Å². The van der Waals surface area contributed by atoms with Crippen LogP contribution in [0.5, 0.6) is 5.75 Å². The van der Waals surface area contributed by atoms with E-state index in [0.29, 0.717) is 22.8 Å². The van der Waals surface area contributed by atoms with Gasteiger partial charge in [0.15, 0.2) is 0 Å². The lowest BCUT2D eigenvalue weighted by Crippen LogP contribution is -2.12. The number of ether oxygens (including phenoxy) is 1. The summed E-state index contributed by atoms with van der Waals surface area (Å²) in [6.45, 7) is 1.85. The Hall–Kier alpha value is -0.550. The third-order valence-corrected chi connectivity index (χ3v) is 3.43. The molecule has 1 aromatic carbocycles. The number of hydrogen-bond acceptors (Lipinski definition) is 6. The molecule has 0 atom stereocenters. The van der Waals surface area contributed by atoms with Crippen molar-refractivity contribution in [2.75, 3.05) is 16.9 Å². The first-order valence-corrected chi connectivity index (χ1v) is 7.58. The highest BCUT2D eigenvalue weighted by molar-refractivity contribution is 14.1. The SMILES string of the molecule is COc1cc(NC(=O)CCI)c(C)cc1SOOO. The zero-order valence-electron chi connectivity index (χ0n) is 10.4. The summed E-state index contributed by atoms with van der Waals surface area (Å²) in [6, 6.07) is 3.46. The minimum absolute atomic E-state index is 0.0464. The Morgan fingerprint density at radius 1 is 1.53 bits per heavy atom. The third-order valence-electron chi connectivity index (χ3n) is 2.26. The number of carbonyl (C=O) groups is 1. The molecule has 0 radical (unpaired) electrons. The van der Waals surface area contributed by atoms with Crippen LogP contribution in [0, 0.1) is 6.92 Å². The van der Waals surface area contributed by atoms with Crippen LogP contribution in [0.3, 0.4) is 0 Å². The van der Waals surface area contributed by atoms with E-state index in [1.165, 1.54) is 7.11 Å². The van der Waals surface area contributed by atoms with E-state index in [2.05, 4.69) is 37.3 Å². The molecule has 8 heteroatoms. The van der Waals surface area contributed by atoms with Crippen LogP contribution in [0.1, 0.15) is 12.0 Å². The molecule has 0 saturated carbocycles. The number of alkyl halides is 1. The van der Waals surface area contributed by atoms with Crippen molar-refractivity contribution < 1.29 is 24.2 Å². The Labute approximate surface area is 129 Å². The molecule has 0 fully saturated rings. The minimum atomic E-state index is -0.0464. The number of amides is 1. The molecule has 0 bridgehead atoms. The molecule has 0 unspecified atom stereocenters. The van der Waals surface area contributed by atoms with Crippen LogP contribution >= 0.6 is 34.6 Å². The van der Waals surface area contributed by atoms with Crippen molar-refractivity contribution >= 4 is 46.2 Å². The number of hydrogen-bond donors (Lipinski definition) is 2. The molecule has 2 N–H and O–H groups in total. The summed E-state index contributed by atoms with van der Waals surface area (Å²) in [4.78, 5) is 12.2.